The first-order valence-electron chi connectivity index (χ1n) is 43.6. The molecule has 0 saturated carbocycles. The molecule has 3 heterocycles. The Hall–Kier alpha value is -5.57. The topological polar surface area (TPSA) is 92.1 Å². The van der Waals surface area contributed by atoms with E-state index >= 15 is 0 Å². The van der Waals surface area contributed by atoms with Crippen LogP contribution in [0.1, 0.15) is 347 Å². The zero-order chi connectivity index (χ0) is 79.7. The maximum Gasteiger partial charge on any atom is 0.107 e. The van der Waals surface area contributed by atoms with Crippen LogP contribution < -0.4 is 0 Å². The van der Waals surface area contributed by atoms with E-state index in [1.165, 1.54) is 182 Å². The Morgan fingerprint density at radius 1 is 0.398 bits per heavy atom. The monoisotopic (exact) mass is 1470 g/mol. The van der Waals surface area contributed by atoms with Crippen LogP contribution in [0, 0.1) is 55.2 Å². The zero-order valence-corrected chi connectivity index (χ0v) is 74.2. The predicted molar refractivity (Wildman–Crippen MR) is 471 cm³/mol. The van der Waals surface area contributed by atoms with E-state index in [0.717, 1.165) is 133 Å². The van der Waals surface area contributed by atoms with Crippen LogP contribution in [0.5, 0.6) is 0 Å². The fourth-order valence-electron chi connectivity index (χ4n) is 19.4. The van der Waals surface area contributed by atoms with E-state index in [2.05, 4.69) is 289 Å². The molecule has 108 heavy (non-hydrogen) atoms. The van der Waals surface area contributed by atoms with Gasteiger partial charge >= 0.3 is 0 Å². The molecule has 3 aromatic heterocycles. The lowest BCUT2D eigenvalue weighted by molar-refractivity contribution is -0.0527. The highest BCUT2D eigenvalue weighted by molar-refractivity contribution is 6.08. The number of rotatable bonds is 54. The van der Waals surface area contributed by atoms with Crippen molar-refractivity contribution in [2.24, 2.45) is 55.2 Å². The summed E-state index contributed by atoms with van der Waals surface area (Å²) in [4.78, 5) is 0. The highest BCUT2D eigenvalue weighted by Gasteiger charge is 2.50. The summed E-state index contributed by atoms with van der Waals surface area (Å²) < 4.78 is 6.35. The molecule has 0 aliphatic rings. The Morgan fingerprint density at radius 3 is 1.22 bits per heavy atom. The minimum Gasteiger partial charge on any atom is -0.252 e. The Balaban J connectivity index is 1.17. The Kier molecular flexibility index (Phi) is 35.3. The summed E-state index contributed by atoms with van der Waals surface area (Å²) in [6, 6.07) is 21.0. The van der Waals surface area contributed by atoms with Gasteiger partial charge in [0.15, 0.2) is 0 Å². The van der Waals surface area contributed by atoms with Gasteiger partial charge in [-0.25, -0.2) is 0 Å². The summed E-state index contributed by atoms with van der Waals surface area (Å²) in [5.74, 6) is 1.11. The van der Waals surface area contributed by atoms with Crippen LogP contribution in [0.25, 0.3) is 0 Å². The van der Waals surface area contributed by atoms with Gasteiger partial charge in [-0.1, -0.05) is 294 Å². The van der Waals surface area contributed by atoms with Crippen molar-refractivity contribution in [1.82, 2.24) is 45.0 Å². The Morgan fingerprint density at radius 2 is 0.778 bits per heavy atom. The number of benzene rings is 3. The molecule has 0 bridgehead atoms. The van der Waals surface area contributed by atoms with E-state index in [9.17, 15) is 0 Å². The minimum absolute atomic E-state index is 0.122. The maximum absolute atomic E-state index is 4.74. The molecule has 3 aromatic carbocycles. The molecule has 0 aliphatic heterocycles. The number of allylic oxidation sites excluding steroid dienone is 3. The second-order valence-corrected chi connectivity index (χ2v) is 40.6. The first-order valence-corrected chi connectivity index (χ1v) is 43.6. The first kappa shape index (κ1) is 91.3. The Bertz CT molecular complexity index is 3710. The summed E-state index contributed by atoms with van der Waals surface area (Å²) in [5, 5.41) is 28.1. The van der Waals surface area contributed by atoms with E-state index in [1.54, 1.807) is 0 Å². The number of hydrogen-bond donors (Lipinski definition) is 0. The summed E-state index contributed by atoms with van der Waals surface area (Å²) in [6.45, 7) is 68.2. The number of aryl methyl sites for hydroxylation is 10. The summed E-state index contributed by atoms with van der Waals surface area (Å²) in [7, 11) is 4.49. The van der Waals surface area contributed by atoms with Gasteiger partial charge in [-0.05, 0) is 275 Å². The molecule has 0 spiro atoms. The summed E-state index contributed by atoms with van der Waals surface area (Å²) in [6.07, 6.45) is 44.1. The van der Waals surface area contributed by atoms with Crippen LogP contribution >= 0.6 is 0 Å². The van der Waals surface area contributed by atoms with Crippen LogP contribution in [-0.4, -0.2) is 60.7 Å². The SMILES string of the molecule is BCc1ccc(CC(=C)C)c(CCc2cn(CCCCCC(C)(C)CCC(C)(C)C(CCCCC(C)(C)CC(C)(C)CC)(CCC(C)(C)CC(C)(C)CCCCn3cc(CCc4cc(CC)ccc4CC(=C)C)nn3)C(C)CC(C)(C)CC(C)CCn3cc(CCc4cc(CB)ccc4CC(=C)C)nn3)nn2)c1. The predicted octanol–water partition coefficient (Wildman–Crippen LogP) is 24.1. The number of hydrogen-bond acceptors (Lipinski definition) is 6. The van der Waals surface area contributed by atoms with Gasteiger partial charge in [0.25, 0.3) is 0 Å². The van der Waals surface area contributed by atoms with Crippen molar-refractivity contribution in [2.45, 2.75) is 377 Å². The summed E-state index contributed by atoms with van der Waals surface area (Å²) in [5.41, 5.74) is 21.3. The zero-order valence-electron chi connectivity index (χ0n) is 74.2. The molecule has 0 N–H and O–H groups in total. The number of nitrogens with zero attached hydrogens (tertiary/aromatic N) is 9. The van der Waals surface area contributed by atoms with E-state index in [1.807, 2.05) is 0 Å². The largest absolute Gasteiger partial charge is 0.252 e. The van der Waals surface area contributed by atoms with E-state index < -0.39 is 0 Å². The molecule has 0 fully saturated rings. The van der Waals surface area contributed by atoms with Crippen LogP contribution in [0.15, 0.2) is 110 Å². The minimum atomic E-state index is 0.122. The third-order valence-electron chi connectivity index (χ3n) is 25.6. The molecule has 3 unspecified atom stereocenters. The van der Waals surface area contributed by atoms with Crippen molar-refractivity contribution in [3.63, 3.8) is 0 Å². The maximum atomic E-state index is 4.74. The van der Waals surface area contributed by atoms with Gasteiger partial charge < -0.3 is 0 Å². The summed E-state index contributed by atoms with van der Waals surface area (Å²) >= 11 is 0. The molecule has 598 valence electrons. The van der Waals surface area contributed by atoms with Gasteiger partial charge in [0.1, 0.15) is 15.7 Å². The van der Waals surface area contributed by atoms with Gasteiger partial charge in [0.2, 0.25) is 0 Å². The average Bonchev–Trinajstić information content (AvgIpc) is 0.982. The average molecular weight is 1470 g/mol. The first-order chi connectivity index (χ1) is 50.7. The van der Waals surface area contributed by atoms with E-state index in [-0.39, 0.29) is 32.5 Å². The van der Waals surface area contributed by atoms with Crippen molar-refractivity contribution in [3.05, 3.63) is 177 Å². The number of aromatic nitrogens is 9. The van der Waals surface area contributed by atoms with Crippen LogP contribution in [0.2, 0.25) is 0 Å². The molecular weight excluding hydrogens is 1310 g/mol. The molecule has 0 saturated heterocycles. The lowest BCUT2D eigenvalue weighted by atomic mass is 9.50. The van der Waals surface area contributed by atoms with Crippen molar-refractivity contribution >= 4 is 15.7 Å². The molecule has 9 nitrogen and oxygen atoms in total. The fraction of sp³-hybridized carbons (Fsp3) is 0.691. The highest BCUT2D eigenvalue weighted by Crippen LogP contribution is 2.60. The fourth-order valence-corrected chi connectivity index (χ4v) is 19.4. The van der Waals surface area contributed by atoms with Crippen molar-refractivity contribution in [1.29, 1.82) is 0 Å². The molecular formula is C97H159B2N9. The Labute approximate surface area is 665 Å². The van der Waals surface area contributed by atoms with Gasteiger partial charge in [-0.15, -0.1) is 15.3 Å². The third-order valence-corrected chi connectivity index (χ3v) is 25.6. The standard InChI is InChI=1S/C97H159B2N9/c1-25-78-34-37-81(58-73(3)4)84(61-78)40-43-87-69-107(104-101-87)56-33-31-49-93(17,18)72-94(19,20)52-54-97(50-30-29-48-92(15,16)71-90(11,12)26-2,77(10)65-95(21,22)64-76(9)46-57-108-70-89(102-105-108)45-42-86-63-80(67-99)36-39-83(86)60-75(7)8)96(23,24)53-51-91(13,14)47-28-27-32-55-106-68-88(100-103-106)44-41-85-62-79(66-98)35-38-82(85)59-74(5)6/h34-39,61-63,68-70,76-77H,3,5,7,25-33,40-60,64-67,71-72,98-99H2,1-2,4,6,8-24H3. The quantitative estimate of drug-likeness (QED) is 0.0215. The highest BCUT2D eigenvalue weighted by atomic mass is 15.4. The van der Waals surface area contributed by atoms with Gasteiger partial charge in [-0.3, -0.25) is 14.0 Å². The number of unbranched alkanes of at least 4 members (excludes halogenated alkanes) is 4. The van der Waals surface area contributed by atoms with Gasteiger partial charge in [-0.2, -0.15) is 0 Å². The van der Waals surface area contributed by atoms with Crippen molar-refractivity contribution in [3.8, 4) is 0 Å². The third kappa shape index (κ3) is 31.2. The smallest absolute Gasteiger partial charge is 0.107 e. The normalized spacial score (nSPS) is 14.0. The second-order valence-electron chi connectivity index (χ2n) is 40.6. The van der Waals surface area contributed by atoms with E-state index in [4.69, 9.17) is 10.3 Å². The van der Waals surface area contributed by atoms with E-state index in [0.29, 0.717) is 22.7 Å². The molecule has 6 rings (SSSR count). The molecule has 6 aromatic rings. The molecule has 0 aliphatic carbocycles. The van der Waals surface area contributed by atoms with Gasteiger partial charge in [0.05, 0.1) is 17.1 Å². The molecule has 0 radical (unpaired) electrons. The molecule has 11 heteroatoms. The van der Waals surface area contributed by atoms with Gasteiger partial charge in [0, 0.05) is 38.2 Å². The lowest BCUT2D eigenvalue weighted by Gasteiger charge is -2.55. The molecule has 0 amide bonds. The van der Waals surface area contributed by atoms with Crippen LogP contribution in [-0.2, 0) is 96.5 Å². The van der Waals surface area contributed by atoms with Crippen LogP contribution in [0.4, 0.5) is 0 Å². The van der Waals surface area contributed by atoms with Crippen molar-refractivity contribution < 1.29 is 0 Å². The molecule has 3 atom stereocenters. The second kappa shape index (κ2) is 41.8. The van der Waals surface area contributed by atoms with Crippen molar-refractivity contribution in [2.75, 3.05) is 0 Å². The lowest BCUT2D eigenvalue weighted by Crippen LogP contribution is -2.46. The van der Waals surface area contributed by atoms with Crippen LogP contribution in [0.3, 0.4) is 0 Å².